The van der Waals surface area contributed by atoms with Crippen LogP contribution in [0.3, 0.4) is 0 Å². The van der Waals surface area contributed by atoms with Crippen molar-refractivity contribution in [1.82, 2.24) is 9.97 Å². The molecule has 0 aliphatic carbocycles. The summed E-state index contributed by atoms with van der Waals surface area (Å²) < 4.78 is 0. The number of nitrogens with zero attached hydrogens (tertiary/aromatic N) is 2. The van der Waals surface area contributed by atoms with Crippen molar-refractivity contribution < 1.29 is 10.2 Å². The van der Waals surface area contributed by atoms with Crippen molar-refractivity contribution in [3.05, 3.63) is 156 Å². The monoisotopic (exact) mass is 626 g/mol. The lowest BCUT2D eigenvalue weighted by Gasteiger charge is -2.34. The number of anilines is 2. The Morgan fingerprint density at radius 2 is 0.833 bits per heavy atom. The fourth-order valence-corrected chi connectivity index (χ4v) is 6.92. The summed E-state index contributed by atoms with van der Waals surface area (Å²) in [5, 5.41) is 37.1. The smallest absolute Gasteiger partial charge is 0.121 e. The van der Waals surface area contributed by atoms with Gasteiger partial charge in [0.25, 0.3) is 0 Å². The summed E-state index contributed by atoms with van der Waals surface area (Å²) in [7, 11) is 0. The molecule has 2 heterocycles. The molecular weight excluding hydrogens is 592 g/mol. The average Bonchev–Trinajstić information content (AvgIpc) is 3.10. The highest BCUT2D eigenvalue weighted by atomic mass is 16.3. The Balaban J connectivity index is 1.45. The molecule has 2 aromatic heterocycles. The van der Waals surface area contributed by atoms with Crippen molar-refractivity contribution in [2.24, 2.45) is 0 Å². The summed E-state index contributed by atoms with van der Waals surface area (Å²) in [6.45, 7) is 3.97. The molecule has 4 N–H and O–H groups in total. The van der Waals surface area contributed by atoms with Gasteiger partial charge in [-0.3, -0.25) is 9.97 Å². The lowest BCUT2D eigenvalue weighted by molar-refractivity contribution is 0.450. The van der Waals surface area contributed by atoms with Crippen LogP contribution in [0.15, 0.2) is 133 Å². The predicted octanol–water partition coefficient (Wildman–Crippen LogP) is 10.1. The summed E-state index contributed by atoms with van der Waals surface area (Å²) >= 11 is 0. The molecule has 6 nitrogen and oxygen atoms in total. The van der Waals surface area contributed by atoms with Crippen molar-refractivity contribution in [3.8, 4) is 11.5 Å². The van der Waals surface area contributed by atoms with E-state index in [1.54, 1.807) is 12.1 Å². The Kier molecular flexibility index (Phi) is 7.26. The molecule has 48 heavy (non-hydrogen) atoms. The maximum absolute atomic E-state index is 11.8. The number of fused-ring (bicyclic) bond motifs is 4. The van der Waals surface area contributed by atoms with Crippen LogP contribution in [0.25, 0.3) is 43.4 Å². The zero-order valence-electron chi connectivity index (χ0n) is 26.6. The Hall–Kier alpha value is -6.14. The predicted molar refractivity (Wildman–Crippen MR) is 197 cm³/mol. The minimum Gasteiger partial charge on any atom is -0.508 e. The third kappa shape index (κ3) is 5.17. The number of hydrogen-bond donors (Lipinski definition) is 4. The van der Waals surface area contributed by atoms with Crippen molar-refractivity contribution >= 4 is 54.7 Å². The number of phenols is 2. The van der Waals surface area contributed by atoms with Crippen LogP contribution >= 0.6 is 0 Å². The van der Waals surface area contributed by atoms with Crippen LogP contribution in [0, 0.1) is 13.8 Å². The first-order chi connectivity index (χ1) is 23.4. The van der Waals surface area contributed by atoms with Gasteiger partial charge in [-0.25, -0.2) is 0 Å². The van der Waals surface area contributed by atoms with E-state index >= 15 is 0 Å². The van der Waals surface area contributed by atoms with Gasteiger partial charge in [-0.1, -0.05) is 97.1 Å². The number of aromatic hydroxyl groups is 2. The molecule has 0 bridgehead atoms. The fraction of sp³-hybridized carbons (Fsp3) is 0.0952. The van der Waals surface area contributed by atoms with Gasteiger partial charge in [0.05, 0.1) is 34.5 Å². The van der Waals surface area contributed by atoms with E-state index in [-0.39, 0.29) is 11.5 Å². The van der Waals surface area contributed by atoms with Crippen LogP contribution in [-0.2, 0) is 0 Å². The zero-order chi connectivity index (χ0) is 32.8. The van der Waals surface area contributed by atoms with Crippen LogP contribution in [0.2, 0.25) is 0 Å². The first-order valence-corrected chi connectivity index (χ1v) is 16.1. The van der Waals surface area contributed by atoms with Gasteiger partial charge in [0.2, 0.25) is 0 Å². The third-order valence-corrected chi connectivity index (χ3v) is 9.19. The van der Waals surface area contributed by atoms with Crippen LogP contribution in [-0.4, -0.2) is 20.2 Å². The molecule has 0 fully saturated rings. The van der Waals surface area contributed by atoms with Crippen LogP contribution in [0.4, 0.5) is 11.4 Å². The van der Waals surface area contributed by atoms with Crippen LogP contribution < -0.4 is 10.6 Å². The normalized spacial score (nSPS) is 12.8. The quantitative estimate of drug-likeness (QED) is 0.141. The lowest BCUT2D eigenvalue weighted by atomic mass is 9.86. The van der Waals surface area contributed by atoms with Gasteiger partial charge in [0.15, 0.2) is 0 Å². The van der Waals surface area contributed by atoms with Gasteiger partial charge in [-0.2, -0.15) is 0 Å². The van der Waals surface area contributed by atoms with Crippen molar-refractivity contribution in [2.45, 2.75) is 25.9 Å². The van der Waals surface area contributed by atoms with Gasteiger partial charge in [0.1, 0.15) is 11.5 Å². The van der Waals surface area contributed by atoms with Gasteiger partial charge in [-0.05, 0) is 71.8 Å². The average molecular weight is 627 g/mol. The molecule has 2 atom stereocenters. The standard InChI is InChI=1S/C42H34N4O2/c1-25-17-19-29-11-7-15-33(39(29)43-25)45-41(37-31-13-5-3-9-27(31)21-23-35(37)47)42(38-32-14-6-4-10-28(32)22-24-36(38)48)46-34-16-8-12-30-20-18-26(2)44-40(30)34/h3-24,41-42,45-48H,1-2H3. The molecular formula is C42H34N4O2. The van der Waals surface area contributed by atoms with Crippen LogP contribution in [0.5, 0.6) is 11.5 Å². The molecule has 6 aromatic carbocycles. The minimum atomic E-state index is -0.610. The molecule has 0 aliphatic heterocycles. The second-order valence-electron chi connectivity index (χ2n) is 12.3. The van der Waals surface area contributed by atoms with Gasteiger partial charge < -0.3 is 20.8 Å². The molecule has 234 valence electrons. The number of benzene rings is 6. The van der Waals surface area contributed by atoms with Crippen LogP contribution in [0.1, 0.15) is 34.6 Å². The Morgan fingerprint density at radius 3 is 1.29 bits per heavy atom. The number of aryl methyl sites for hydroxylation is 2. The molecule has 0 saturated heterocycles. The number of para-hydroxylation sites is 2. The number of nitrogens with one attached hydrogen (secondary N) is 2. The number of aromatic nitrogens is 2. The van der Waals surface area contributed by atoms with Gasteiger partial charge >= 0.3 is 0 Å². The fourth-order valence-electron chi connectivity index (χ4n) is 6.92. The molecule has 8 rings (SSSR count). The summed E-state index contributed by atoms with van der Waals surface area (Å²) in [5.74, 6) is 0.294. The largest absolute Gasteiger partial charge is 0.508 e. The zero-order valence-corrected chi connectivity index (χ0v) is 26.6. The molecule has 8 aromatic rings. The second kappa shape index (κ2) is 11.9. The summed E-state index contributed by atoms with van der Waals surface area (Å²) in [6, 6.07) is 42.6. The first kappa shape index (κ1) is 29.3. The van der Waals surface area contributed by atoms with E-state index in [9.17, 15) is 10.2 Å². The van der Waals surface area contributed by atoms with E-state index < -0.39 is 12.1 Å². The molecule has 0 radical (unpaired) electrons. The third-order valence-electron chi connectivity index (χ3n) is 9.19. The Bertz CT molecular complexity index is 2320. The van der Waals surface area contributed by atoms with E-state index in [2.05, 4.69) is 22.8 Å². The van der Waals surface area contributed by atoms with E-state index in [0.717, 1.165) is 66.1 Å². The van der Waals surface area contributed by atoms with Crippen molar-refractivity contribution in [1.29, 1.82) is 0 Å². The van der Waals surface area contributed by atoms with Crippen molar-refractivity contribution in [2.75, 3.05) is 10.6 Å². The molecule has 0 spiro atoms. The van der Waals surface area contributed by atoms with E-state index in [1.165, 1.54) is 0 Å². The number of phenolic OH excluding ortho intramolecular Hbond substituents is 2. The lowest BCUT2D eigenvalue weighted by Crippen LogP contribution is -2.27. The maximum Gasteiger partial charge on any atom is 0.121 e. The Morgan fingerprint density at radius 1 is 0.438 bits per heavy atom. The highest BCUT2D eigenvalue weighted by Crippen LogP contribution is 2.47. The molecule has 2 unspecified atom stereocenters. The van der Waals surface area contributed by atoms with E-state index in [1.807, 2.05) is 123 Å². The number of rotatable bonds is 7. The summed E-state index contributed by atoms with van der Waals surface area (Å²) in [5.41, 5.74) is 6.48. The van der Waals surface area contributed by atoms with Gasteiger partial charge in [-0.15, -0.1) is 0 Å². The summed E-state index contributed by atoms with van der Waals surface area (Å²) in [4.78, 5) is 9.87. The first-order valence-electron chi connectivity index (χ1n) is 16.1. The SMILES string of the molecule is Cc1ccc2cccc(NC(c3c(O)ccc4ccccc34)C(Nc3cccc4ccc(C)nc34)c3c(O)ccc4ccccc34)c2n1. The molecule has 0 saturated carbocycles. The summed E-state index contributed by atoms with van der Waals surface area (Å²) in [6.07, 6.45) is 0. The number of pyridine rings is 2. The maximum atomic E-state index is 11.8. The molecule has 0 aliphatic rings. The number of hydrogen-bond acceptors (Lipinski definition) is 6. The minimum absolute atomic E-state index is 0.147. The molecule has 0 amide bonds. The molecule has 6 heteroatoms. The second-order valence-corrected chi connectivity index (χ2v) is 12.3. The highest BCUT2D eigenvalue weighted by molar-refractivity contribution is 5.95. The van der Waals surface area contributed by atoms with Crippen molar-refractivity contribution in [3.63, 3.8) is 0 Å². The van der Waals surface area contributed by atoms with E-state index in [0.29, 0.717) is 11.1 Å². The van der Waals surface area contributed by atoms with Gasteiger partial charge in [0, 0.05) is 33.3 Å². The van der Waals surface area contributed by atoms with E-state index in [4.69, 9.17) is 9.97 Å². The Labute approximate surface area is 278 Å². The topological polar surface area (TPSA) is 90.3 Å². The highest BCUT2D eigenvalue weighted by Gasteiger charge is 2.33.